The molecule has 1 amide bonds. The Morgan fingerprint density at radius 2 is 1.90 bits per heavy atom. The van der Waals surface area contributed by atoms with Crippen LogP contribution in [0, 0.1) is 11.8 Å². The number of aromatic carboxylic acids is 1. The highest BCUT2D eigenvalue weighted by molar-refractivity contribution is 7.47. The van der Waals surface area contributed by atoms with Gasteiger partial charge in [-0.25, -0.2) is 9.36 Å². The minimum absolute atomic E-state index is 0.0132. The van der Waals surface area contributed by atoms with E-state index in [1.807, 2.05) is 0 Å². The zero-order valence-corrected chi connectivity index (χ0v) is 22.8. The standard InChI is InChI=1S/C28H32NO10P/c1-37-40(35,36)38-13-5-3-2-4-12-29-27(32)17-6-9-20(28(33)34)23(14-17)26-21-10-7-18(30)15-24(21)39-25-16-19(31)8-11-22(25)26/h6-11,14-16,21-22,24,26,30H,2-5,12-13H2,1H3,(H,29,32)(H,33,34)(H,35,36). The number of unbranched alkanes of at least 4 members (excludes halogenated alkanes) is 3. The van der Waals surface area contributed by atoms with Crippen molar-refractivity contribution in [2.45, 2.75) is 37.7 Å². The Morgan fingerprint density at radius 3 is 2.65 bits per heavy atom. The van der Waals surface area contributed by atoms with Crippen LogP contribution in [0.1, 0.15) is 57.9 Å². The van der Waals surface area contributed by atoms with Crippen molar-refractivity contribution >= 4 is 25.5 Å². The summed E-state index contributed by atoms with van der Waals surface area (Å²) in [7, 11) is -2.87. The number of phosphoric ester groups is 1. The molecule has 5 unspecified atom stereocenters. The largest absolute Gasteiger partial charge is 0.508 e. The number of amides is 1. The summed E-state index contributed by atoms with van der Waals surface area (Å²) in [5.41, 5.74) is 0.779. The predicted molar refractivity (Wildman–Crippen MR) is 144 cm³/mol. The van der Waals surface area contributed by atoms with Crippen molar-refractivity contribution in [2.24, 2.45) is 11.8 Å². The zero-order chi connectivity index (χ0) is 28.9. The molecule has 1 aromatic carbocycles. The van der Waals surface area contributed by atoms with Crippen molar-refractivity contribution in [2.75, 3.05) is 20.3 Å². The van der Waals surface area contributed by atoms with Crippen molar-refractivity contribution in [3.05, 3.63) is 82.9 Å². The third-order valence-electron chi connectivity index (χ3n) is 7.10. The van der Waals surface area contributed by atoms with Crippen LogP contribution < -0.4 is 5.32 Å². The molecule has 1 fully saturated rings. The van der Waals surface area contributed by atoms with E-state index in [1.165, 1.54) is 36.4 Å². The van der Waals surface area contributed by atoms with E-state index in [0.29, 0.717) is 36.3 Å². The number of phosphoric acid groups is 1. The summed E-state index contributed by atoms with van der Waals surface area (Å²) in [6.07, 6.45) is 11.4. The van der Waals surface area contributed by atoms with Crippen LogP contribution in [0.3, 0.4) is 0 Å². The van der Waals surface area contributed by atoms with Crippen LogP contribution in [0.2, 0.25) is 0 Å². The second-order valence-electron chi connectivity index (χ2n) is 9.73. The number of allylic oxidation sites excluding steroid dienone is 4. The van der Waals surface area contributed by atoms with E-state index in [0.717, 1.165) is 20.0 Å². The highest BCUT2D eigenvalue weighted by atomic mass is 31.2. The van der Waals surface area contributed by atoms with Crippen LogP contribution in [0.4, 0.5) is 0 Å². The van der Waals surface area contributed by atoms with Crippen molar-refractivity contribution in [3.63, 3.8) is 0 Å². The van der Waals surface area contributed by atoms with Gasteiger partial charge in [0.2, 0.25) is 0 Å². The monoisotopic (exact) mass is 573 g/mol. The Labute approximate surface area is 231 Å². The van der Waals surface area contributed by atoms with E-state index < -0.39 is 31.7 Å². The maximum atomic E-state index is 13.0. The van der Waals surface area contributed by atoms with E-state index >= 15 is 0 Å². The molecule has 4 N–H and O–H groups in total. The summed E-state index contributed by atoms with van der Waals surface area (Å²) in [5.74, 6) is -2.59. The fraction of sp³-hybridized carbons (Fsp3) is 0.393. The molecule has 1 saturated heterocycles. The highest BCUT2D eigenvalue weighted by Gasteiger charge is 2.45. The first kappa shape index (κ1) is 29.5. The Morgan fingerprint density at radius 1 is 1.12 bits per heavy atom. The van der Waals surface area contributed by atoms with Crippen LogP contribution in [-0.4, -0.2) is 59.1 Å². The number of fused-ring (bicyclic) bond motifs is 2. The summed E-state index contributed by atoms with van der Waals surface area (Å²) >= 11 is 0. The van der Waals surface area contributed by atoms with Crippen molar-refractivity contribution in [3.8, 4) is 0 Å². The molecule has 3 aliphatic rings. The average Bonchev–Trinajstić information content (AvgIpc) is 2.92. The van der Waals surface area contributed by atoms with Gasteiger partial charge in [-0.15, -0.1) is 0 Å². The molecule has 40 heavy (non-hydrogen) atoms. The minimum Gasteiger partial charge on any atom is -0.508 e. The second-order valence-corrected chi connectivity index (χ2v) is 11.3. The van der Waals surface area contributed by atoms with E-state index in [1.54, 1.807) is 18.2 Å². The number of ketones is 1. The number of aliphatic hydroxyl groups excluding tert-OH is 1. The third-order valence-corrected chi connectivity index (χ3v) is 8.07. The van der Waals surface area contributed by atoms with Gasteiger partial charge < -0.3 is 25.2 Å². The van der Waals surface area contributed by atoms with Gasteiger partial charge in [-0.05, 0) is 54.8 Å². The summed E-state index contributed by atoms with van der Waals surface area (Å²) < 4.78 is 26.4. The van der Waals surface area contributed by atoms with Gasteiger partial charge in [-0.2, -0.15) is 0 Å². The molecule has 1 aliphatic heterocycles. The summed E-state index contributed by atoms with van der Waals surface area (Å²) in [5, 5.41) is 22.9. The molecule has 12 heteroatoms. The van der Waals surface area contributed by atoms with Crippen LogP contribution in [0.5, 0.6) is 0 Å². The number of benzene rings is 1. The average molecular weight is 574 g/mol. The fourth-order valence-electron chi connectivity index (χ4n) is 5.17. The number of rotatable bonds is 12. The Bertz CT molecular complexity index is 1330. The number of hydrogen-bond donors (Lipinski definition) is 4. The van der Waals surface area contributed by atoms with E-state index in [4.69, 9.17) is 9.26 Å². The Balaban J connectivity index is 1.46. The molecule has 0 spiro atoms. The van der Waals surface area contributed by atoms with Crippen molar-refractivity contribution in [1.29, 1.82) is 0 Å². The number of carbonyl (C=O) groups excluding carboxylic acids is 2. The normalized spacial score (nSPS) is 24.6. The molecule has 214 valence electrons. The van der Waals surface area contributed by atoms with Gasteiger partial charge in [0.15, 0.2) is 5.78 Å². The van der Waals surface area contributed by atoms with Crippen LogP contribution in [0.25, 0.3) is 0 Å². The Hall–Kier alpha value is -3.50. The quantitative estimate of drug-likeness (QED) is 0.210. The molecule has 1 aromatic rings. The van der Waals surface area contributed by atoms with E-state index in [-0.39, 0.29) is 35.5 Å². The molecule has 0 radical (unpaired) electrons. The SMILES string of the molecule is COP(=O)(O)OCCCCCCNC(=O)c1ccc(C(=O)O)c(C2C3C=CC(=O)C=C3OC3C=C(O)C=CC32)c1. The summed E-state index contributed by atoms with van der Waals surface area (Å²) in [6.45, 7) is 0.480. The van der Waals surface area contributed by atoms with Gasteiger partial charge in [0.05, 0.1) is 12.2 Å². The van der Waals surface area contributed by atoms with Gasteiger partial charge in [0.25, 0.3) is 5.91 Å². The summed E-state index contributed by atoms with van der Waals surface area (Å²) in [4.78, 5) is 46.5. The molecule has 0 saturated carbocycles. The molecular weight excluding hydrogens is 541 g/mol. The van der Waals surface area contributed by atoms with Gasteiger partial charge in [-0.1, -0.05) is 25.0 Å². The lowest BCUT2D eigenvalue weighted by atomic mass is 9.68. The number of nitrogens with one attached hydrogen (secondary N) is 1. The number of hydrogen-bond acceptors (Lipinski definition) is 8. The minimum atomic E-state index is -3.97. The van der Waals surface area contributed by atoms with E-state index in [2.05, 4.69) is 9.84 Å². The van der Waals surface area contributed by atoms with Gasteiger partial charge in [0.1, 0.15) is 17.6 Å². The highest BCUT2D eigenvalue weighted by Crippen LogP contribution is 2.49. The molecule has 0 aromatic heterocycles. The number of ether oxygens (including phenoxy) is 1. The first-order valence-electron chi connectivity index (χ1n) is 13.0. The molecule has 11 nitrogen and oxygen atoms in total. The molecule has 2 aliphatic carbocycles. The topological polar surface area (TPSA) is 169 Å². The maximum absolute atomic E-state index is 13.0. The molecule has 5 atom stereocenters. The predicted octanol–water partition coefficient (Wildman–Crippen LogP) is 4.19. The van der Waals surface area contributed by atoms with Crippen LogP contribution in [0.15, 0.2) is 66.2 Å². The molecular formula is C28H32NO10P. The first-order valence-corrected chi connectivity index (χ1v) is 14.5. The van der Waals surface area contributed by atoms with Crippen molar-refractivity contribution < 1.29 is 47.8 Å². The lowest BCUT2D eigenvalue weighted by Gasteiger charge is -2.44. The lowest BCUT2D eigenvalue weighted by molar-refractivity contribution is -0.111. The Kier molecular flexibility index (Phi) is 9.42. The van der Waals surface area contributed by atoms with Gasteiger partial charge >= 0.3 is 13.8 Å². The van der Waals surface area contributed by atoms with Crippen molar-refractivity contribution in [1.82, 2.24) is 5.32 Å². The number of carboxylic acids is 1. The molecule has 4 rings (SSSR count). The van der Waals surface area contributed by atoms with Gasteiger partial charge in [-0.3, -0.25) is 18.6 Å². The summed E-state index contributed by atoms with van der Waals surface area (Å²) in [6, 6.07) is 4.47. The second kappa shape index (κ2) is 12.8. The first-order chi connectivity index (χ1) is 19.1. The number of carboxylic acid groups (broad SMARTS) is 1. The zero-order valence-electron chi connectivity index (χ0n) is 21.9. The number of carbonyl (C=O) groups is 3. The molecule has 0 bridgehead atoms. The van der Waals surface area contributed by atoms with Crippen LogP contribution >= 0.6 is 7.82 Å². The fourth-order valence-corrected chi connectivity index (χ4v) is 5.63. The third kappa shape index (κ3) is 6.98. The number of aliphatic hydroxyl groups is 1. The van der Waals surface area contributed by atoms with Gasteiger partial charge in [0, 0.05) is 43.0 Å². The smallest absolute Gasteiger partial charge is 0.471 e. The maximum Gasteiger partial charge on any atom is 0.471 e. The van der Waals surface area contributed by atoms with E-state index in [9.17, 15) is 34.1 Å². The lowest BCUT2D eigenvalue weighted by Crippen LogP contribution is -2.40. The molecule has 1 heterocycles. The van der Waals surface area contributed by atoms with Crippen LogP contribution in [-0.2, 0) is 23.1 Å².